The van der Waals surface area contributed by atoms with Gasteiger partial charge in [0.25, 0.3) is 5.91 Å². The van der Waals surface area contributed by atoms with E-state index >= 15 is 0 Å². The highest BCUT2D eigenvalue weighted by Gasteiger charge is 2.06. The Kier molecular flexibility index (Phi) is 5.38. The standard InChI is InChI=1S/C16H16ClN3O2/c1-18-16(22)11-6-8-12(9-7-11)19-10-15(21)20-14-5-3-2-4-13(14)17/h2-9,19H,10H2,1H3,(H,18,22)(H,20,21). The zero-order valence-corrected chi connectivity index (χ0v) is 12.8. The highest BCUT2D eigenvalue weighted by molar-refractivity contribution is 6.33. The maximum Gasteiger partial charge on any atom is 0.251 e. The maximum absolute atomic E-state index is 11.9. The highest BCUT2D eigenvalue weighted by Crippen LogP contribution is 2.20. The Morgan fingerprint density at radius 2 is 1.73 bits per heavy atom. The van der Waals surface area contributed by atoms with E-state index in [4.69, 9.17) is 11.6 Å². The first kappa shape index (κ1) is 15.9. The first-order chi connectivity index (χ1) is 10.6. The van der Waals surface area contributed by atoms with Crippen LogP contribution in [0.1, 0.15) is 10.4 Å². The molecule has 6 heteroatoms. The molecule has 0 saturated heterocycles. The van der Waals surface area contributed by atoms with Crippen molar-refractivity contribution in [3.63, 3.8) is 0 Å². The van der Waals surface area contributed by atoms with Crippen LogP contribution >= 0.6 is 11.6 Å². The third-order valence-electron chi connectivity index (χ3n) is 2.98. The molecular weight excluding hydrogens is 302 g/mol. The Morgan fingerprint density at radius 1 is 1.05 bits per heavy atom. The SMILES string of the molecule is CNC(=O)c1ccc(NCC(=O)Nc2ccccc2Cl)cc1. The molecule has 0 radical (unpaired) electrons. The van der Waals surface area contributed by atoms with Gasteiger partial charge in [-0.2, -0.15) is 0 Å². The van der Waals surface area contributed by atoms with Crippen molar-refractivity contribution in [2.24, 2.45) is 0 Å². The lowest BCUT2D eigenvalue weighted by atomic mass is 10.2. The zero-order chi connectivity index (χ0) is 15.9. The predicted octanol–water partition coefficient (Wildman–Crippen LogP) is 2.75. The molecule has 0 aliphatic heterocycles. The second kappa shape index (κ2) is 7.47. The van der Waals surface area contributed by atoms with Gasteiger partial charge in [-0.3, -0.25) is 9.59 Å². The average Bonchev–Trinajstić information content (AvgIpc) is 2.55. The Bertz CT molecular complexity index is 671. The van der Waals surface area contributed by atoms with E-state index in [0.717, 1.165) is 5.69 Å². The summed E-state index contributed by atoms with van der Waals surface area (Å²) in [5, 5.41) is 8.74. The molecule has 0 unspecified atom stereocenters. The molecule has 0 atom stereocenters. The van der Waals surface area contributed by atoms with Crippen LogP contribution < -0.4 is 16.0 Å². The molecule has 0 aliphatic carbocycles. The van der Waals surface area contributed by atoms with Crippen LogP contribution in [0.2, 0.25) is 5.02 Å². The second-order valence-corrected chi connectivity index (χ2v) is 4.95. The summed E-state index contributed by atoms with van der Waals surface area (Å²) < 4.78 is 0. The lowest BCUT2D eigenvalue weighted by molar-refractivity contribution is -0.114. The van der Waals surface area contributed by atoms with Crippen molar-refractivity contribution in [2.45, 2.75) is 0 Å². The summed E-state index contributed by atoms with van der Waals surface area (Å²) in [6, 6.07) is 13.9. The van der Waals surface area contributed by atoms with E-state index in [1.54, 1.807) is 55.6 Å². The maximum atomic E-state index is 11.9. The van der Waals surface area contributed by atoms with E-state index < -0.39 is 0 Å². The number of rotatable bonds is 5. The van der Waals surface area contributed by atoms with Crippen LogP contribution in [0.3, 0.4) is 0 Å². The molecular formula is C16H16ClN3O2. The third-order valence-corrected chi connectivity index (χ3v) is 3.30. The van der Waals surface area contributed by atoms with Gasteiger partial charge >= 0.3 is 0 Å². The van der Waals surface area contributed by atoms with Crippen molar-refractivity contribution < 1.29 is 9.59 Å². The number of carbonyl (C=O) groups excluding carboxylic acids is 2. The molecule has 2 aromatic carbocycles. The zero-order valence-electron chi connectivity index (χ0n) is 12.0. The molecule has 2 rings (SSSR count). The van der Waals surface area contributed by atoms with Crippen LogP contribution in [-0.4, -0.2) is 25.4 Å². The van der Waals surface area contributed by atoms with Crippen LogP contribution in [-0.2, 0) is 4.79 Å². The number of anilines is 2. The largest absolute Gasteiger partial charge is 0.376 e. The lowest BCUT2D eigenvalue weighted by Crippen LogP contribution is -2.22. The number of para-hydroxylation sites is 1. The van der Waals surface area contributed by atoms with Gasteiger partial charge in [0.15, 0.2) is 0 Å². The average molecular weight is 318 g/mol. The summed E-state index contributed by atoms with van der Waals surface area (Å²) in [4.78, 5) is 23.3. The number of benzene rings is 2. The molecule has 0 spiro atoms. The summed E-state index contributed by atoms with van der Waals surface area (Å²) in [5.74, 6) is -0.355. The molecule has 0 aromatic heterocycles. The molecule has 0 saturated carbocycles. The fraction of sp³-hybridized carbons (Fsp3) is 0.125. The molecule has 0 bridgehead atoms. The molecule has 2 amide bonds. The van der Waals surface area contributed by atoms with Crippen molar-refractivity contribution in [3.8, 4) is 0 Å². The van der Waals surface area contributed by atoms with Gasteiger partial charge in [-0.25, -0.2) is 0 Å². The Balaban J connectivity index is 1.89. The van der Waals surface area contributed by atoms with Gasteiger partial charge in [-0.05, 0) is 36.4 Å². The quantitative estimate of drug-likeness (QED) is 0.794. The van der Waals surface area contributed by atoms with E-state index in [1.165, 1.54) is 0 Å². The van der Waals surface area contributed by atoms with Gasteiger partial charge in [-0.15, -0.1) is 0 Å². The van der Waals surface area contributed by atoms with E-state index in [1.807, 2.05) is 0 Å². The second-order valence-electron chi connectivity index (χ2n) is 4.54. The van der Waals surface area contributed by atoms with Gasteiger partial charge in [-0.1, -0.05) is 23.7 Å². The minimum absolute atomic E-state index is 0.102. The first-order valence-electron chi connectivity index (χ1n) is 6.70. The van der Waals surface area contributed by atoms with E-state index in [-0.39, 0.29) is 18.4 Å². The van der Waals surface area contributed by atoms with Crippen molar-refractivity contribution in [1.29, 1.82) is 0 Å². The van der Waals surface area contributed by atoms with E-state index in [2.05, 4.69) is 16.0 Å². The van der Waals surface area contributed by atoms with Crippen molar-refractivity contribution in [3.05, 3.63) is 59.1 Å². The normalized spacial score (nSPS) is 9.91. The third kappa shape index (κ3) is 4.23. The first-order valence-corrected chi connectivity index (χ1v) is 7.08. The fourth-order valence-electron chi connectivity index (χ4n) is 1.82. The number of hydrogen-bond donors (Lipinski definition) is 3. The Hall–Kier alpha value is -2.53. The molecule has 0 aliphatic rings. The number of nitrogens with one attached hydrogen (secondary N) is 3. The summed E-state index contributed by atoms with van der Waals surface area (Å²) in [6.07, 6.45) is 0. The van der Waals surface area contributed by atoms with Gasteiger partial charge in [0.05, 0.1) is 17.3 Å². The molecule has 3 N–H and O–H groups in total. The van der Waals surface area contributed by atoms with Crippen molar-refractivity contribution in [1.82, 2.24) is 5.32 Å². The van der Waals surface area contributed by atoms with Gasteiger partial charge in [0.1, 0.15) is 0 Å². The summed E-state index contributed by atoms with van der Waals surface area (Å²) in [5.41, 5.74) is 1.89. The van der Waals surface area contributed by atoms with Crippen LogP contribution in [0.15, 0.2) is 48.5 Å². The summed E-state index contributed by atoms with van der Waals surface area (Å²) in [7, 11) is 1.58. The fourth-order valence-corrected chi connectivity index (χ4v) is 2.01. The smallest absolute Gasteiger partial charge is 0.251 e. The molecule has 0 heterocycles. The van der Waals surface area contributed by atoms with Crippen molar-refractivity contribution >= 4 is 34.8 Å². The van der Waals surface area contributed by atoms with Crippen LogP contribution in [0.25, 0.3) is 0 Å². The number of halogens is 1. The predicted molar refractivity (Wildman–Crippen MR) is 88.4 cm³/mol. The monoisotopic (exact) mass is 317 g/mol. The van der Waals surface area contributed by atoms with E-state index in [0.29, 0.717) is 16.3 Å². The van der Waals surface area contributed by atoms with Crippen LogP contribution in [0.5, 0.6) is 0 Å². The molecule has 22 heavy (non-hydrogen) atoms. The number of carbonyl (C=O) groups is 2. The van der Waals surface area contributed by atoms with Crippen molar-refractivity contribution in [2.75, 3.05) is 24.2 Å². The van der Waals surface area contributed by atoms with E-state index in [9.17, 15) is 9.59 Å². The molecule has 5 nitrogen and oxygen atoms in total. The van der Waals surface area contributed by atoms with Gasteiger partial charge < -0.3 is 16.0 Å². The molecule has 0 fully saturated rings. The minimum Gasteiger partial charge on any atom is -0.376 e. The number of amides is 2. The summed E-state index contributed by atoms with van der Waals surface area (Å²) in [6.45, 7) is 0.102. The molecule has 114 valence electrons. The number of hydrogen-bond acceptors (Lipinski definition) is 3. The minimum atomic E-state index is -0.205. The Labute approximate surface area is 133 Å². The topological polar surface area (TPSA) is 70.2 Å². The molecule has 2 aromatic rings. The summed E-state index contributed by atoms with van der Waals surface area (Å²) >= 11 is 5.97. The van der Waals surface area contributed by atoms with Gasteiger partial charge in [0.2, 0.25) is 5.91 Å². The Morgan fingerprint density at radius 3 is 2.36 bits per heavy atom. The van der Waals surface area contributed by atoms with Crippen LogP contribution in [0.4, 0.5) is 11.4 Å². The van der Waals surface area contributed by atoms with Gasteiger partial charge in [0, 0.05) is 18.3 Å². The van der Waals surface area contributed by atoms with Crippen LogP contribution in [0, 0.1) is 0 Å². The lowest BCUT2D eigenvalue weighted by Gasteiger charge is -2.09. The highest BCUT2D eigenvalue weighted by atomic mass is 35.5.